The summed E-state index contributed by atoms with van der Waals surface area (Å²) >= 11 is -1.42. The van der Waals surface area contributed by atoms with Gasteiger partial charge in [0.15, 0.2) is 0 Å². The molecule has 1 aromatic carbocycles. The fourth-order valence-corrected chi connectivity index (χ4v) is 2.46. The Labute approximate surface area is 131 Å². The van der Waals surface area contributed by atoms with Crippen molar-refractivity contribution in [1.82, 2.24) is 4.72 Å². The van der Waals surface area contributed by atoms with Gasteiger partial charge in [-0.05, 0) is 39.3 Å². The third-order valence-corrected chi connectivity index (χ3v) is 4.68. The maximum atomic E-state index is 13.5. The van der Waals surface area contributed by atoms with Crippen molar-refractivity contribution in [2.45, 2.75) is 51.3 Å². The van der Waals surface area contributed by atoms with E-state index in [9.17, 15) is 23.4 Å². The predicted octanol–water partition coefficient (Wildman–Crippen LogP) is 3.82. The minimum absolute atomic E-state index is 0.295. The fourth-order valence-electron chi connectivity index (χ4n) is 1.65. The molecule has 1 N–H and O–H groups in total. The molecule has 0 aliphatic heterocycles. The van der Waals surface area contributed by atoms with Gasteiger partial charge in [0.2, 0.25) is 0 Å². The zero-order chi connectivity index (χ0) is 17.3. The molecular formula is C14H20F2N2O3S. The van der Waals surface area contributed by atoms with Gasteiger partial charge in [-0.2, -0.15) is 0 Å². The first kappa shape index (κ1) is 18.8. The summed E-state index contributed by atoms with van der Waals surface area (Å²) in [5.41, 5.74) is -0.556. The highest BCUT2D eigenvalue weighted by atomic mass is 32.2. The Bertz CT molecular complexity index is 556. The van der Waals surface area contributed by atoms with Crippen molar-refractivity contribution >= 4 is 17.0 Å². The van der Waals surface area contributed by atoms with E-state index in [1.165, 1.54) is 12.1 Å². The lowest BCUT2D eigenvalue weighted by molar-refractivity contribution is -0.385. The highest BCUT2D eigenvalue weighted by Gasteiger charge is 2.31. The van der Waals surface area contributed by atoms with E-state index >= 15 is 0 Å². The number of nitrogens with one attached hydrogen (secondary N) is 1. The van der Waals surface area contributed by atoms with E-state index in [2.05, 4.69) is 4.72 Å². The van der Waals surface area contributed by atoms with Gasteiger partial charge in [0.05, 0.1) is 11.0 Å². The van der Waals surface area contributed by atoms with Gasteiger partial charge in [0.25, 0.3) is 11.6 Å². The summed E-state index contributed by atoms with van der Waals surface area (Å²) < 4.78 is 41.3. The van der Waals surface area contributed by atoms with Crippen molar-refractivity contribution in [3.8, 4) is 0 Å². The van der Waals surface area contributed by atoms with Crippen LogP contribution in [0.2, 0.25) is 0 Å². The van der Waals surface area contributed by atoms with Gasteiger partial charge >= 0.3 is 0 Å². The predicted molar refractivity (Wildman–Crippen MR) is 82.1 cm³/mol. The zero-order valence-electron chi connectivity index (χ0n) is 13.1. The first-order valence-corrected chi connectivity index (χ1v) is 7.83. The molecule has 0 saturated carbocycles. The minimum Gasteiger partial charge on any atom is -0.598 e. The summed E-state index contributed by atoms with van der Waals surface area (Å²) in [6.07, 6.45) is 0. The second-order valence-electron chi connectivity index (χ2n) is 6.18. The largest absolute Gasteiger partial charge is 0.598 e. The topological polar surface area (TPSA) is 78.2 Å². The highest BCUT2D eigenvalue weighted by molar-refractivity contribution is 7.90. The van der Waals surface area contributed by atoms with Gasteiger partial charge in [-0.25, -0.2) is 8.78 Å². The quantitative estimate of drug-likeness (QED) is 0.504. The van der Waals surface area contributed by atoms with E-state index in [0.29, 0.717) is 12.5 Å². The van der Waals surface area contributed by atoms with E-state index in [1.54, 1.807) is 27.7 Å². The number of hydrogen-bond donors (Lipinski definition) is 1. The Morgan fingerprint density at radius 3 is 2.18 bits per heavy atom. The maximum absolute atomic E-state index is 13.5. The lowest BCUT2D eigenvalue weighted by Crippen LogP contribution is -2.40. The molecule has 22 heavy (non-hydrogen) atoms. The lowest BCUT2D eigenvalue weighted by Gasteiger charge is -2.26. The molecule has 0 radical (unpaired) electrons. The van der Waals surface area contributed by atoms with Crippen molar-refractivity contribution in [2.75, 3.05) is 0 Å². The van der Waals surface area contributed by atoms with Gasteiger partial charge in [0.1, 0.15) is 4.75 Å². The number of nitro groups is 1. The van der Waals surface area contributed by atoms with E-state index in [1.807, 2.05) is 0 Å². The SMILES string of the molecule is C[C@@H](N[S+]([O-])C(C)(C)C)c1cc([N+](=O)[O-])cc(C(C)(F)F)c1. The maximum Gasteiger partial charge on any atom is 0.270 e. The van der Waals surface area contributed by atoms with Gasteiger partial charge in [0, 0.05) is 36.0 Å². The summed E-state index contributed by atoms with van der Waals surface area (Å²) in [4.78, 5) is 10.2. The van der Waals surface area contributed by atoms with Crippen LogP contribution >= 0.6 is 0 Å². The number of alkyl halides is 2. The molecule has 124 valence electrons. The molecule has 5 nitrogen and oxygen atoms in total. The van der Waals surface area contributed by atoms with Crippen LogP contribution in [0.4, 0.5) is 14.5 Å². The monoisotopic (exact) mass is 334 g/mol. The smallest absolute Gasteiger partial charge is 0.270 e. The molecule has 8 heteroatoms. The number of rotatable bonds is 5. The Kier molecular flexibility index (Phi) is 5.53. The second kappa shape index (κ2) is 6.47. The molecule has 0 fully saturated rings. The molecule has 0 spiro atoms. The van der Waals surface area contributed by atoms with Gasteiger partial charge in [-0.15, -0.1) is 4.72 Å². The molecule has 0 aromatic heterocycles. The van der Waals surface area contributed by atoms with Crippen molar-refractivity contribution < 1.29 is 18.3 Å². The van der Waals surface area contributed by atoms with Crippen LogP contribution in [0.25, 0.3) is 0 Å². The molecule has 0 heterocycles. The Morgan fingerprint density at radius 1 is 1.23 bits per heavy atom. The fraction of sp³-hybridized carbons (Fsp3) is 0.571. The second-order valence-corrected chi connectivity index (χ2v) is 8.18. The van der Waals surface area contributed by atoms with Gasteiger partial charge < -0.3 is 4.55 Å². The van der Waals surface area contributed by atoms with Crippen LogP contribution in [0.3, 0.4) is 0 Å². The number of nitro benzene ring substituents is 1. The molecule has 0 saturated heterocycles. The Balaban J connectivity index is 3.18. The van der Waals surface area contributed by atoms with E-state index in [-0.39, 0.29) is 0 Å². The Hall–Kier alpha value is -1.25. The van der Waals surface area contributed by atoms with Crippen LogP contribution in [0, 0.1) is 10.1 Å². The average molecular weight is 334 g/mol. The third kappa shape index (κ3) is 4.89. The summed E-state index contributed by atoms with van der Waals surface area (Å²) in [5, 5.41) is 10.9. The first-order valence-electron chi connectivity index (χ1n) is 6.68. The number of non-ortho nitro benzene ring substituents is 1. The summed E-state index contributed by atoms with van der Waals surface area (Å²) in [6.45, 7) is 7.60. The molecule has 1 rings (SSSR count). The Morgan fingerprint density at radius 2 is 1.77 bits per heavy atom. The molecule has 0 bridgehead atoms. The normalized spacial score (nSPS) is 15.5. The first-order chi connectivity index (χ1) is 9.82. The molecule has 2 atom stereocenters. The third-order valence-electron chi connectivity index (χ3n) is 3.00. The van der Waals surface area contributed by atoms with Gasteiger partial charge in [-0.1, -0.05) is 0 Å². The van der Waals surface area contributed by atoms with Crippen molar-refractivity contribution in [3.63, 3.8) is 0 Å². The van der Waals surface area contributed by atoms with E-state index in [0.717, 1.165) is 6.07 Å². The van der Waals surface area contributed by atoms with E-state index in [4.69, 9.17) is 0 Å². The number of halogens is 2. The lowest BCUT2D eigenvalue weighted by atomic mass is 10.0. The standard InChI is InChI=1S/C14H20F2N2O3S/c1-9(17-22(21)13(2,3)4)10-6-11(14(5,15)16)8-12(7-10)18(19)20/h6-9,17H,1-5H3/t9-,22?/m1/s1. The van der Waals surface area contributed by atoms with Crippen LogP contribution in [-0.2, 0) is 17.3 Å². The zero-order valence-corrected chi connectivity index (χ0v) is 14.0. The van der Waals surface area contributed by atoms with Crippen molar-refractivity contribution in [2.24, 2.45) is 0 Å². The molecule has 0 aliphatic rings. The van der Waals surface area contributed by atoms with Gasteiger partial charge in [-0.3, -0.25) is 10.1 Å². The van der Waals surface area contributed by atoms with Crippen LogP contribution < -0.4 is 4.72 Å². The van der Waals surface area contributed by atoms with Crippen LogP contribution in [0.1, 0.15) is 51.8 Å². The average Bonchev–Trinajstić information content (AvgIpc) is 2.35. The molecule has 1 unspecified atom stereocenters. The number of nitrogens with zero attached hydrogens (tertiary/aromatic N) is 1. The van der Waals surface area contributed by atoms with Crippen LogP contribution in [0.5, 0.6) is 0 Å². The number of benzene rings is 1. The molecule has 0 aliphatic carbocycles. The molecule has 1 aromatic rings. The van der Waals surface area contributed by atoms with E-state index < -0.39 is 44.2 Å². The summed E-state index contributed by atoms with van der Waals surface area (Å²) in [5.74, 6) is -3.19. The molecule has 0 amide bonds. The summed E-state index contributed by atoms with van der Waals surface area (Å²) in [6, 6.07) is 2.70. The minimum atomic E-state index is -3.19. The van der Waals surface area contributed by atoms with Crippen LogP contribution in [-0.4, -0.2) is 14.2 Å². The number of hydrogen-bond acceptors (Lipinski definition) is 4. The summed E-state index contributed by atoms with van der Waals surface area (Å²) in [7, 11) is 0. The highest BCUT2D eigenvalue weighted by Crippen LogP contribution is 2.33. The van der Waals surface area contributed by atoms with Crippen LogP contribution in [0.15, 0.2) is 18.2 Å². The van der Waals surface area contributed by atoms with Crippen molar-refractivity contribution in [1.29, 1.82) is 0 Å². The molecular weight excluding hydrogens is 314 g/mol. The van der Waals surface area contributed by atoms with Crippen molar-refractivity contribution in [3.05, 3.63) is 39.4 Å².